The molecule has 0 fully saturated rings. The SMILES string of the molecule is COc1ccc(C(C)C)cc1C(C)(C)C(=O)NN. The molecule has 0 aliphatic rings. The zero-order valence-electron chi connectivity index (χ0n) is 11.7. The summed E-state index contributed by atoms with van der Waals surface area (Å²) in [6.07, 6.45) is 0. The summed E-state index contributed by atoms with van der Waals surface area (Å²) in [4.78, 5) is 11.9. The Kier molecular flexibility index (Phi) is 4.35. The Balaban J connectivity index is 3.36. The maximum atomic E-state index is 11.9. The first-order valence-electron chi connectivity index (χ1n) is 6.04. The van der Waals surface area contributed by atoms with E-state index in [4.69, 9.17) is 10.6 Å². The normalized spacial score (nSPS) is 11.5. The van der Waals surface area contributed by atoms with Gasteiger partial charge in [0.2, 0.25) is 5.91 Å². The zero-order valence-corrected chi connectivity index (χ0v) is 11.7. The highest BCUT2D eigenvalue weighted by Gasteiger charge is 2.32. The molecule has 0 unspecified atom stereocenters. The molecule has 0 spiro atoms. The molecule has 0 aliphatic carbocycles. The Morgan fingerprint density at radius 2 is 2.00 bits per heavy atom. The van der Waals surface area contributed by atoms with E-state index in [1.807, 2.05) is 32.0 Å². The van der Waals surface area contributed by atoms with E-state index < -0.39 is 5.41 Å². The second kappa shape index (κ2) is 5.40. The molecule has 4 nitrogen and oxygen atoms in total. The van der Waals surface area contributed by atoms with E-state index in [2.05, 4.69) is 19.3 Å². The van der Waals surface area contributed by atoms with Gasteiger partial charge in [0.05, 0.1) is 12.5 Å². The first kappa shape index (κ1) is 14.5. The molecule has 100 valence electrons. The zero-order chi connectivity index (χ0) is 13.9. The molecule has 3 N–H and O–H groups in total. The number of nitrogens with two attached hydrogens (primary N) is 1. The third-order valence-corrected chi connectivity index (χ3v) is 3.26. The first-order chi connectivity index (χ1) is 8.34. The van der Waals surface area contributed by atoms with Crippen molar-refractivity contribution in [1.82, 2.24) is 5.43 Å². The largest absolute Gasteiger partial charge is 0.496 e. The van der Waals surface area contributed by atoms with Gasteiger partial charge in [0.1, 0.15) is 5.75 Å². The fourth-order valence-corrected chi connectivity index (χ4v) is 1.88. The molecule has 18 heavy (non-hydrogen) atoms. The van der Waals surface area contributed by atoms with Crippen LogP contribution in [0, 0.1) is 0 Å². The van der Waals surface area contributed by atoms with E-state index in [0.717, 1.165) is 5.56 Å². The van der Waals surface area contributed by atoms with E-state index in [1.165, 1.54) is 5.56 Å². The van der Waals surface area contributed by atoms with Crippen molar-refractivity contribution in [2.75, 3.05) is 7.11 Å². The molecule has 1 amide bonds. The lowest BCUT2D eigenvalue weighted by Gasteiger charge is -2.26. The van der Waals surface area contributed by atoms with E-state index in [-0.39, 0.29) is 5.91 Å². The fourth-order valence-electron chi connectivity index (χ4n) is 1.88. The number of hydrogen-bond donors (Lipinski definition) is 2. The Labute approximate surface area is 108 Å². The summed E-state index contributed by atoms with van der Waals surface area (Å²) < 4.78 is 5.34. The minimum Gasteiger partial charge on any atom is -0.496 e. The van der Waals surface area contributed by atoms with Gasteiger partial charge >= 0.3 is 0 Å². The van der Waals surface area contributed by atoms with Gasteiger partial charge in [-0.2, -0.15) is 0 Å². The minimum atomic E-state index is -0.731. The minimum absolute atomic E-state index is 0.235. The fraction of sp³-hybridized carbons (Fsp3) is 0.500. The van der Waals surface area contributed by atoms with Gasteiger partial charge in [-0.3, -0.25) is 10.2 Å². The highest BCUT2D eigenvalue weighted by molar-refractivity contribution is 5.87. The average molecular weight is 250 g/mol. The number of hydrogen-bond acceptors (Lipinski definition) is 3. The van der Waals surface area contributed by atoms with Gasteiger partial charge in [-0.15, -0.1) is 0 Å². The van der Waals surface area contributed by atoms with Crippen LogP contribution in [0.2, 0.25) is 0 Å². The molecule has 1 aromatic rings. The van der Waals surface area contributed by atoms with Crippen molar-refractivity contribution in [3.8, 4) is 5.75 Å². The van der Waals surface area contributed by atoms with Gasteiger partial charge in [0.15, 0.2) is 0 Å². The van der Waals surface area contributed by atoms with Gasteiger partial charge in [-0.25, -0.2) is 5.84 Å². The third kappa shape index (κ3) is 2.64. The second-order valence-electron chi connectivity index (χ2n) is 5.21. The van der Waals surface area contributed by atoms with Gasteiger partial charge in [-0.1, -0.05) is 26.0 Å². The summed E-state index contributed by atoms with van der Waals surface area (Å²) in [5.41, 5.74) is 3.49. The average Bonchev–Trinajstić information content (AvgIpc) is 2.36. The molecule has 0 atom stereocenters. The molecule has 0 radical (unpaired) electrons. The van der Waals surface area contributed by atoms with Gasteiger partial charge in [0.25, 0.3) is 0 Å². The van der Waals surface area contributed by atoms with Crippen LogP contribution in [0.25, 0.3) is 0 Å². The van der Waals surface area contributed by atoms with Crippen molar-refractivity contribution in [2.45, 2.75) is 39.0 Å². The molecular weight excluding hydrogens is 228 g/mol. The van der Waals surface area contributed by atoms with E-state index in [9.17, 15) is 4.79 Å². The highest BCUT2D eigenvalue weighted by Crippen LogP contribution is 2.34. The summed E-state index contributed by atoms with van der Waals surface area (Å²) in [6.45, 7) is 7.89. The number of methoxy groups -OCH3 is 1. The van der Waals surface area contributed by atoms with E-state index in [0.29, 0.717) is 11.7 Å². The van der Waals surface area contributed by atoms with Crippen LogP contribution in [0.4, 0.5) is 0 Å². The van der Waals surface area contributed by atoms with Crippen LogP contribution in [0.15, 0.2) is 18.2 Å². The second-order valence-corrected chi connectivity index (χ2v) is 5.21. The predicted molar refractivity (Wildman–Crippen MR) is 72.4 cm³/mol. The molecule has 0 bridgehead atoms. The third-order valence-electron chi connectivity index (χ3n) is 3.26. The molecule has 0 heterocycles. The molecule has 1 aromatic carbocycles. The summed E-state index contributed by atoms with van der Waals surface area (Å²) >= 11 is 0. The van der Waals surface area contributed by atoms with Gasteiger partial charge in [0, 0.05) is 5.56 Å². The van der Waals surface area contributed by atoms with Crippen LogP contribution < -0.4 is 16.0 Å². The van der Waals surface area contributed by atoms with Gasteiger partial charge in [-0.05, 0) is 31.4 Å². The molecule has 1 rings (SSSR count). The quantitative estimate of drug-likeness (QED) is 0.488. The number of nitrogens with one attached hydrogen (secondary N) is 1. The summed E-state index contributed by atoms with van der Waals surface area (Å²) in [7, 11) is 1.60. The lowest BCUT2D eigenvalue weighted by Crippen LogP contribution is -2.43. The van der Waals surface area contributed by atoms with Crippen LogP contribution in [-0.2, 0) is 10.2 Å². The lowest BCUT2D eigenvalue weighted by atomic mass is 9.81. The van der Waals surface area contributed by atoms with Crippen LogP contribution in [0.3, 0.4) is 0 Å². The smallest absolute Gasteiger partial charge is 0.244 e. The number of benzene rings is 1. The topological polar surface area (TPSA) is 64.3 Å². The molecule has 4 heteroatoms. The number of carbonyl (C=O) groups is 1. The van der Waals surface area contributed by atoms with Crippen molar-refractivity contribution < 1.29 is 9.53 Å². The Morgan fingerprint density at radius 3 is 2.44 bits per heavy atom. The van der Waals surface area contributed by atoms with Crippen molar-refractivity contribution in [3.05, 3.63) is 29.3 Å². The van der Waals surface area contributed by atoms with Crippen molar-refractivity contribution in [1.29, 1.82) is 0 Å². The lowest BCUT2D eigenvalue weighted by molar-refractivity contribution is -0.125. The molecule has 0 saturated carbocycles. The van der Waals surface area contributed by atoms with Crippen molar-refractivity contribution in [2.24, 2.45) is 5.84 Å². The number of rotatable bonds is 4. The number of carbonyl (C=O) groups excluding carboxylic acids is 1. The predicted octanol–water partition coefficient (Wildman–Crippen LogP) is 2.09. The van der Waals surface area contributed by atoms with Crippen LogP contribution in [-0.4, -0.2) is 13.0 Å². The Morgan fingerprint density at radius 1 is 1.39 bits per heavy atom. The maximum Gasteiger partial charge on any atom is 0.244 e. The highest BCUT2D eigenvalue weighted by atomic mass is 16.5. The number of amides is 1. The molecule has 0 aromatic heterocycles. The van der Waals surface area contributed by atoms with Crippen molar-refractivity contribution >= 4 is 5.91 Å². The summed E-state index contributed by atoms with van der Waals surface area (Å²) in [6, 6.07) is 5.93. The Bertz CT molecular complexity index is 439. The Hall–Kier alpha value is -1.55. The molecule has 0 saturated heterocycles. The van der Waals surface area contributed by atoms with Crippen LogP contribution in [0.5, 0.6) is 5.75 Å². The standard InChI is InChI=1S/C14H22N2O2/c1-9(2)10-6-7-12(18-5)11(8-10)14(3,4)13(17)16-15/h6-9H,15H2,1-5H3,(H,16,17). The van der Waals surface area contributed by atoms with E-state index >= 15 is 0 Å². The number of ether oxygens (including phenoxy) is 1. The van der Waals surface area contributed by atoms with E-state index in [1.54, 1.807) is 7.11 Å². The number of hydrazine groups is 1. The first-order valence-corrected chi connectivity index (χ1v) is 6.04. The monoisotopic (exact) mass is 250 g/mol. The van der Waals surface area contributed by atoms with Gasteiger partial charge < -0.3 is 4.74 Å². The summed E-state index contributed by atoms with van der Waals surface area (Å²) in [5, 5.41) is 0. The summed E-state index contributed by atoms with van der Waals surface area (Å²) in [5.74, 6) is 6.11. The van der Waals surface area contributed by atoms with Crippen LogP contribution >= 0.6 is 0 Å². The molecule has 0 aliphatic heterocycles. The van der Waals surface area contributed by atoms with Crippen LogP contribution in [0.1, 0.15) is 44.7 Å². The maximum absolute atomic E-state index is 11.9. The molecular formula is C14H22N2O2. The van der Waals surface area contributed by atoms with Crippen molar-refractivity contribution in [3.63, 3.8) is 0 Å².